The first-order valence-corrected chi connectivity index (χ1v) is 9.61. The van der Waals surface area contributed by atoms with Crippen LogP contribution in [0, 0.1) is 17.7 Å². The maximum absolute atomic E-state index is 13.5. The summed E-state index contributed by atoms with van der Waals surface area (Å²) in [6, 6.07) is 4.35. The Morgan fingerprint density at radius 3 is 2.21 bits per heavy atom. The van der Waals surface area contributed by atoms with Crippen molar-refractivity contribution >= 4 is 11.9 Å². The first-order valence-electron chi connectivity index (χ1n) is 9.61. The summed E-state index contributed by atoms with van der Waals surface area (Å²) >= 11 is 0. The third-order valence-corrected chi connectivity index (χ3v) is 4.38. The van der Waals surface area contributed by atoms with Gasteiger partial charge in [0.05, 0.1) is 19.4 Å². The first-order chi connectivity index (χ1) is 12.9. The molecule has 0 aromatic heterocycles. The second-order valence-corrected chi connectivity index (χ2v) is 8.49. The average Bonchev–Trinajstić information content (AvgIpc) is 2.53. The Kier molecular flexibility index (Phi) is 8.46. The Hall–Kier alpha value is -2.11. The fraction of sp³-hybridized carbons (Fsp3) is 0.636. The van der Waals surface area contributed by atoms with E-state index in [1.165, 1.54) is 19.2 Å². The van der Waals surface area contributed by atoms with Gasteiger partial charge in [0.25, 0.3) is 0 Å². The zero-order valence-electron chi connectivity index (χ0n) is 18.2. The number of benzene rings is 1. The van der Waals surface area contributed by atoms with Crippen LogP contribution in [0.5, 0.6) is 5.75 Å². The molecule has 158 valence electrons. The number of carbonyl (C=O) groups is 2. The molecule has 0 heterocycles. The highest BCUT2D eigenvalue weighted by atomic mass is 19.1. The van der Waals surface area contributed by atoms with Crippen molar-refractivity contribution in [3.63, 3.8) is 0 Å². The minimum atomic E-state index is -0.625. The van der Waals surface area contributed by atoms with Gasteiger partial charge in [-0.1, -0.05) is 26.8 Å². The van der Waals surface area contributed by atoms with Crippen molar-refractivity contribution in [2.75, 3.05) is 7.11 Å². The fourth-order valence-electron chi connectivity index (χ4n) is 3.20. The smallest absolute Gasteiger partial charge is 0.309 e. The van der Waals surface area contributed by atoms with Crippen molar-refractivity contribution in [3.8, 4) is 5.75 Å². The minimum absolute atomic E-state index is 0.0466. The molecule has 0 radical (unpaired) electrons. The molecule has 1 rings (SSSR count). The van der Waals surface area contributed by atoms with Gasteiger partial charge in [0.2, 0.25) is 0 Å². The number of rotatable bonds is 8. The molecule has 1 aromatic rings. The lowest BCUT2D eigenvalue weighted by atomic mass is 9.83. The normalized spacial score (nSPS) is 14.9. The van der Waals surface area contributed by atoms with E-state index in [1.807, 2.05) is 13.8 Å². The Labute approximate surface area is 167 Å². The summed E-state index contributed by atoms with van der Waals surface area (Å²) in [5.74, 6) is -1.57. The summed E-state index contributed by atoms with van der Waals surface area (Å²) in [4.78, 5) is 24.5. The third kappa shape index (κ3) is 7.13. The van der Waals surface area contributed by atoms with Gasteiger partial charge in [-0.05, 0) is 39.7 Å². The number of hydrogen-bond acceptors (Lipinski definition) is 5. The van der Waals surface area contributed by atoms with Gasteiger partial charge in [-0.25, -0.2) is 4.39 Å². The van der Waals surface area contributed by atoms with Crippen LogP contribution in [-0.2, 0) is 19.1 Å². The lowest BCUT2D eigenvalue weighted by Gasteiger charge is -2.30. The van der Waals surface area contributed by atoms with Crippen LogP contribution in [0.25, 0.3) is 0 Å². The molecule has 5 nitrogen and oxygen atoms in total. The molecule has 0 saturated heterocycles. The van der Waals surface area contributed by atoms with Gasteiger partial charge in [-0.15, -0.1) is 0 Å². The van der Waals surface area contributed by atoms with Crippen LogP contribution >= 0.6 is 0 Å². The number of ether oxygens (including phenoxy) is 3. The van der Waals surface area contributed by atoms with Crippen LogP contribution in [0.4, 0.5) is 4.39 Å². The molecular weight excluding hydrogens is 363 g/mol. The molecule has 0 fully saturated rings. The lowest BCUT2D eigenvalue weighted by Crippen LogP contribution is -2.31. The van der Waals surface area contributed by atoms with Crippen LogP contribution in [0.2, 0.25) is 0 Å². The van der Waals surface area contributed by atoms with E-state index in [-0.39, 0.29) is 18.3 Å². The van der Waals surface area contributed by atoms with Crippen LogP contribution in [0.1, 0.15) is 66.4 Å². The van der Waals surface area contributed by atoms with E-state index in [4.69, 9.17) is 14.2 Å². The molecular formula is C22H33FO5. The predicted molar refractivity (Wildman–Crippen MR) is 106 cm³/mol. The van der Waals surface area contributed by atoms with Crippen molar-refractivity contribution in [2.24, 2.45) is 11.8 Å². The zero-order valence-corrected chi connectivity index (χ0v) is 18.2. The molecule has 0 amide bonds. The molecule has 0 bridgehead atoms. The van der Waals surface area contributed by atoms with Gasteiger partial charge < -0.3 is 14.2 Å². The highest BCUT2D eigenvalue weighted by Crippen LogP contribution is 2.36. The Morgan fingerprint density at radius 1 is 1.11 bits per heavy atom. The summed E-state index contributed by atoms with van der Waals surface area (Å²) in [7, 11) is 1.48. The van der Waals surface area contributed by atoms with Gasteiger partial charge in [-0.2, -0.15) is 0 Å². The van der Waals surface area contributed by atoms with Crippen molar-refractivity contribution in [2.45, 2.75) is 72.5 Å². The number of halogens is 1. The Balaban J connectivity index is 2.88. The van der Waals surface area contributed by atoms with E-state index in [9.17, 15) is 14.0 Å². The molecule has 0 aliphatic carbocycles. The van der Waals surface area contributed by atoms with E-state index in [0.29, 0.717) is 5.75 Å². The van der Waals surface area contributed by atoms with E-state index >= 15 is 0 Å². The highest BCUT2D eigenvalue weighted by Gasteiger charge is 2.31. The van der Waals surface area contributed by atoms with Gasteiger partial charge in [0.1, 0.15) is 23.3 Å². The minimum Gasteiger partial charge on any atom is -0.496 e. The molecule has 1 aromatic carbocycles. The molecule has 6 heteroatoms. The maximum atomic E-state index is 13.5. The van der Waals surface area contributed by atoms with Crippen molar-refractivity contribution in [1.29, 1.82) is 0 Å². The number of carbonyl (C=O) groups excluding carboxylic acids is 2. The van der Waals surface area contributed by atoms with Crippen LogP contribution < -0.4 is 4.74 Å². The molecule has 28 heavy (non-hydrogen) atoms. The molecule has 0 aliphatic heterocycles. The molecule has 0 spiro atoms. The quantitative estimate of drug-likeness (QED) is 0.587. The topological polar surface area (TPSA) is 61.8 Å². The molecule has 0 saturated carbocycles. The van der Waals surface area contributed by atoms with Gasteiger partial charge in [0, 0.05) is 17.5 Å². The predicted octanol–water partition coefficient (Wildman–Crippen LogP) is 4.87. The van der Waals surface area contributed by atoms with E-state index in [1.54, 1.807) is 40.7 Å². The van der Waals surface area contributed by atoms with Crippen LogP contribution in [0.15, 0.2) is 18.2 Å². The first kappa shape index (κ1) is 23.9. The maximum Gasteiger partial charge on any atom is 0.309 e. The van der Waals surface area contributed by atoms with Gasteiger partial charge in [0.15, 0.2) is 0 Å². The molecule has 0 N–H and O–H groups in total. The molecule has 3 atom stereocenters. The second-order valence-electron chi connectivity index (χ2n) is 8.49. The second kappa shape index (κ2) is 9.89. The van der Waals surface area contributed by atoms with Crippen molar-refractivity contribution in [1.82, 2.24) is 0 Å². The van der Waals surface area contributed by atoms with Crippen molar-refractivity contribution in [3.05, 3.63) is 29.6 Å². The number of hydrogen-bond donors (Lipinski definition) is 0. The molecule has 0 unspecified atom stereocenters. The number of esters is 2. The summed E-state index contributed by atoms with van der Waals surface area (Å²) in [5.41, 5.74) is 0.176. The van der Waals surface area contributed by atoms with Gasteiger partial charge in [-0.3, -0.25) is 9.59 Å². The lowest BCUT2D eigenvalue weighted by molar-refractivity contribution is -0.163. The third-order valence-electron chi connectivity index (χ3n) is 4.38. The van der Waals surface area contributed by atoms with Gasteiger partial charge >= 0.3 is 11.9 Å². The Bertz CT molecular complexity index is 678. The Morgan fingerprint density at radius 2 is 1.71 bits per heavy atom. The molecule has 0 aliphatic rings. The summed E-state index contributed by atoms with van der Waals surface area (Å²) in [5, 5.41) is 0. The zero-order chi connectivity index (χ0) is 21.6. The SMILES string of the molecule is COc1cc(F)ccc1[C@@H](C(C)C)[C@H](C)OC(=O)[C@H](C)CC(=O)OC(C)(C)C. The average molecular weight is 396 g/mol. The van der Waals surface area contributed by atoms with Crippen LogP contribution in [0.3, 0.4) is 0 Å². The fourth-order valence-corrected chi connectivity index (χ4v) is 3.20. The monoisotopic (exact) mass is 396 g/mol. The largest absolute Gasteiger partial charge is 0.496 e. The number of methoxy groups -OCH3 is 1. The van der Waals surface area contributed by atoms with Crippen LogP contribution in [-0.4, -0.2) is 30.8 Å². The summed E-state index contributed by atoms with van der Waals surface area (Å²) < 4.78 is 29.8. The summed E-state index contributed by atoms with van der Waals surface area (Å²) in [6.07, 6.45) is -0.525. The van der Waals surface area contributed by atoms with E-state index in [0.717, 1.165) is 5.56 Å². The van der Waals surface area contributed by atoms with Crippen molar-refractivity contribution < 1.29 is 28.2 Å². The van der Waals surface area contributed by atoms with E-state index < -0.39 is 35.4 Å². The standard InChI is InChI=1S/C22H33FO5/c1-13(2)20(17-10-9-16(23)12-18(17)26-8)15(4)27-21(25)14(3)11-19(24)28-22(5,6)7/h9-10,12-15,20H,11H2,1-8H3/t14-,15+,20+/m1/s1. The van der Waals surface area contributed by atoms with E-state index in [2.05, 4.69) is 0 Å². The highest BCUT2D eigenvalue weighted by molar-refractivity contribution is 5.80. The summed E-state index contributed by atoms with van der Waals surface area (Å²) in [6.45, 7) is 12.8.